The first-order valence-corrected chi connectivity index (χ1v) is 10.1. The maximum atomic E-state index is 14.5. The Hall–Kier alpha value is -2.18. The van der Waals surface area contributed by atoms with Gasteiger partial charge in [0, 0.05) is 6.07 Å². The minimum absolute atomic E-state index is 0.320. The molecule has 30 heavy (non-hydrogen) atoms. The van der Waals surface area contributed by atoms with Gasteiger partial charge in [-0.3, -0.25) is 0 Å². The molecule has 1 fully saturated rings. The number of benzene rings is 2. The van der Waals surface area contributed by atoms with Crippen molar-refractivity contribution in [2.75, 3.05) is 0 Å². The first-order valence-electron chi connectivity index (χ1n) is 10.1. The van der Waals surface area contributed by atoms with Gasteiger partial charge in [-0.15, -0.1) is 0 Å². The molecule has 0 N–H and O–H groups in total. The number of hydrogen-bond donors (Lipinski definition) is 0. The molecule has 0 bridgehead atoms. The third-order valence-electron chi connectivity index (χ3n) is 5.72. The molecule has 0 spiro atoms. The molecule has 164 valence electrons. The molecule has 0 aliphatic heterocycles. The molecule has 2 atom stereocenters. The molecule has 0 amide bonds. The van der Waals surface area contributed by atoms with Gasteiger partial charge in [0.1, 0.15) is 11.6 Å². The van der Waals surface area contributed by atoms with Crippen molar-refractivity contribution in [3.05, 3.63) is 65.0 Å². The summed E-state index contributed by atoms with van der Waals surface area (Å²) in [5.41, 5.74) is -0.975. The predicted octanol–water partition coefficient (Wildman–Crippen LogP) is 8.05. The Morgan fingerprint density at radius 2 is 1.67 bits per heavy atom. The summed E-state index contributed by atoms with van der Waals surface area (Å²) >= 11 is 0. The van der Waals surface area contributed by atoms with E-state index in [0.717, 1.165) is 31.2 Å². The minimum Gasteiger partial charge on any atom is -0.429 e. The van der Waals surface area contributed by atoms with Crippen LogP contribution in [0.1, 0.15) is 68.1 Å². The standard InChI is InChI=1S/C23H24F6O/c1-2-3-4-15-5-6-17(13-15)16-7-9-18(10-8-16)23(28,29)30-19-11-12-20(21(24)14-19)22(25,26)27/h7-12,14-15,17H,2-6,13H2,1H3. The maximum Gasteiger partial charge on any atom is 0.426 e. The Bertz CT molecular complexity index is 844. The van der Waals surface area contributed by atoms with Crippen molar-refractivity contribution in [3.8, 4) is 5.75 Å². The van der Waals surface area contributed by atoms with E-state index >= 15 is 0 Å². The van der Waals surface area contributed by atoms with Gasteiger partial charge in [0.15, 0.2) is 0 Å². The van der Waals surface area contributed by atoms with E-state index in [4.69, 9.17) is 0 Å². The zero-order chi connectivity index (χ0) is 21.9. The highest BCUT2D eigenvalue weighted by molar-refractivity contribution is 5.33. The molecule has 3 rings (SSSR count). The van der Waals surface area contributed by atoms with Crippen LogP contribution in [-0.2, 0) is 12.3 Å². The van der Waals surface area contributed by atoms with Gasteiger partial charge in [-0.25, -0.2) is 4.39 Å². The van der Waals surface area contributed by atoms with E-state index in [9.17, 15) is 26.3 Å². The van der Waals surface area contributed by atoms with Gasteiger partial charge in [0.05, 0.1) is 11.1 Å². The van der Waals surface area contributed by atoms with Crippen LogP contribution in [0.4, 0.5) is 26.3 Å². The lowest BCUT2D eigenvalue weighted by Gasteiger charge is -2.20. The van der Waals surface area contributed by atoms with Crippen LogP contribution in [0.2, 0.25) is 0 Å². The average molecular weight is 430 g/mol. The Labute approximate surface area is 172 Å². The molecule has 1 aliphatic rings. The van der Waals surface area contributed by atoms with Crippen molar-refractivity contribution in [2.24, 2.45) is 5.92 Å². The van der Waals surface area contributed by atoms with Crippen molar-refractivity contribution in [2.45, 2.75) is 63.7 Å². The molecule has 2 aromatic carbocycles. The number of ether oxygens (including phenoxy) is 1. The molecule has 1 saturated carbocycles. The highest BCUT2D eigenvalue weighted by atomic mass is 19.4. The highest BCUT2D eigenvalue weighted by Gasteiger charge is 2.37. The molecule has 0 aromatic heterocycles. The lowest BCUT2D eigenvalue weighted by atomic mass is 9.94. The second-order valence-electron chi connectivity index (χ2n) is 7.90. The third kappa shape index (κ3) is 5.29. The van der Waals surface area contributed by atoms with Gasteiger partial charge >= 0.3 is 12.3 Å². The van der Waals surface area contributed by atoms with Crippen molar-refractivity contribution in [1.29, 1.82) is 0 Å². The highest BCUT2D eigenvalue weighted by Crippen LogP contribution is 2.41. The molecule has 0 saturated heterocycles. The molecule has 0 heterocycles. The van der Waals surface area contributed by atoms with E-state index in [0.29, 0.717) is 30.0 Å². The fourth-order valence-electron chi connectivity index (χ4n) is 4.08. The Balaban J connectivity index is 1.67. The van der Waals surface area contributed by atoms with Crippen LogP contribution in [0.5, 0.6) is 5.75 Å². The molecule has 2 unspecified atom stereocenters. The number of unbranched alkanes of at least 4 members (excludes halogenated alkanes) is 1. The lowest BCUT2D eigenvalue weighted by Crippen LogP contribution is -2.22. The van der Waals surface area contributed by atoms with E-state index < -0.39 is 35.0 Å². The number of hydrogen-bond acceptors (Lipinski definition) is 1. The van der Waals surface area contributed by atoms with Crippen LogP contribution < -0.4 is 4.74 Å². The maximum absolute atomic E-state index is 14.5. The SMILES string of the molecule is CCCCC1CCC(c2ccc(C(F)(F)Oc3ccc(C(F)(F)F)c(F)c3)cc2)C1. The van der Waals surface area contributed by atoms with E-state index in [1.165, 1.54) is 25.0 Å². The molecule has 0 radical (unpaired) electrons. The van der Waals surface area contributed by atoms with E-state index in [-0.39, 0.29) is 0 Å². The summed E-state index contributed by atoms with van der Waals surface area (Å²) in [4.78, 5) is 0. The number of rotatable bonds is 7. The third-order valence-corrected chi connectivity index (χ3v) is 5.72. The van der Waals surface area contributed by atoms with Gasteiger partial charge in [-0.05, 0) is 60.9 Å². The summed E-state index contributed by atoms with van der Waals surface area (Å²) in [6.07, 6.45) is -1.92. The first kappa shape index (κ1) is 22.5. The Kier molecular flexibility index (Phi) is 6.68. The zero-order valence-corrected chi connectivity index (χ0v) is 16.6. The largest absolute Gasteiger partial charge is 0.429 e. The average Bonchev–Trinajstić information content (AvgIpc) is 3.14. The summed E-state index contributed by atoms with van der Waals surface area (Å²) < 4.78 is 84.9. The van der Waals surface area contributed by atoms with Gasteiger partial charge < -0.3 is 4.74 Å². The van der Waals surface area contributed by atoms with E-state index in [1.807, 2.05) is 0 Å². The summed E-state index contributed by atoms with van der Waals surface area (Å²) in [5.74, 6) is -1.32. The smallest absolute Gasteiger partial charge is 0.426 e. The predicted molar refractivity (Wildman–Crippen MR) is 102 cm³/mol. The van der Waals surface area contributed by atoms with Gasteiger partial charge in [0.2, 0.25) is 0 Å². The molecular weight excluding hydrogens is 406 g/mol. The van der Waals surface area contributed by atoms with Crippen molar-refractivity contribution < 1.29 is 31.1 Å². The second kappa shape index (κ2) is 8.90. The van der Waals surface area contributed by atoms with E-state index in [2.05, 4.69) is 11.7 Å². The summed E-state index contributed by atoms with van der Waals surface area (Å²) in [7, 11) is 0. The molecule has 7 heteroatoms. The molecule has 1 nitrogen and oxygen atoms in total. The van der Waals surface area contributed by atoms with Crippen molar-refractivity contribution in [1.82, 2.24) is 0 Å². The van der Waals surface area contributed by atoms with Crippen LogP contribution in [0, 0.1) is 11.7 Å². The first-order chi connectivity index (χ1) is 14.1. The molecular formula is C23H24F6O. The second-order valence-corrected chi connectivity index (χ2v) is 7.90. The molecule has 2 aromatic rings. The van der Waals surface area contributed by atoms with Gasteiger partial charge in [0.25, 0.3) is 0 Å². The normalized spacial score (nSPS) is 19.8. The van der Waals surface area contributed by atoms with Crippen LogP contribution in [0.15, 0.2) is 42.5 Å². The number of alkyl halides is 5. The van der Waals surface area contributed by atoms with Crippen LogP contribution in [-0.4, -0.2) is 0 Å². The van der Waals surface area contributed by atoms with Crippen LogP contribution in [0.25, 0.3) is 0 Å². The summed E-state index contributed by atoms with van der Waals surface area (Å²) in [6.45, 7) is 2.16. The summed E-state index contributed by atoms with van der Waals surface area (Å²) in [5, 5.41) is 0. The Morgan fingerprint density at radius 3 is 2.27 bits per heavy atom. The molecule has 1 aliphatic carbocycles. The van der Waals surface area contributed by atoms with Crippen LogP contribution >= 0.6 is 0 Å². The quantitative estimate of drug-likeness (QED) is 0.404. The Morgan fingerprint density at radius 1 is 0.967 bits per heavy atom. The summed E-state index contributed by atoms with van der Waals surface area (Å²) in [6, 6.07) is 7.20. The monoisotopic (exact) mass is 430 g/mol. The fraction of sp³-hybridized carbons (Fsp3) is 0.478. The van der Waals surface area contributed by atoms with E-state index in [1.54, 1.807) is 12.1 Å². The van der Waals surface area contributed by atoms with Crippen LogP contribution in [0.3, 0.4) is 0 Å². The van der Waals surface area contributed by atoms with Crippen molar-refractivity contribution in [3.63, 3.8) is 0 Å². The van der Waals surface area contributed by atoms with Gasteiger partial charge in [-0.2, -0.15) is 22.0 Å². The van der Waals surface area contributed by atoms with Gasteiger partial charge in [-0.1, -0.05) is 38.3 Å². The fourth-order valence-corrected chi connectivity index (χ4v) is 4.08. The lowest BCUT2D eigenvalue weighted by molar-refractivity contribution is -0.185. The zero-order valence-electron chi connectivity index (χ0n) is 16.6. The topological polar surface area (TPSA) is 9.23 Å². The number of halogens is 6. The minimum atomic E-state index is -4.91. The van der Waals surface area contributed by atoms with Crippen molar-refractivity contribution >= 4 is 0 Å².